The van der Waals surface area contributed by atoms with Gasteiger partial charge >= 0.3 is 0 Å². The van der Waals surface area contributed by atoms with Gasteiger partial charge in [-0.25, -0.2) is 0 Å². The van der Waals surface area contributed by atoms with E-state index in [-0.39, 0.29) is 0 Å². The molecule has 0 unspecified atom stereocenters. The summed E-state index contributed by atoms with van der Waals surface area (Å²) in [6, 6.07) is 6.37. The molecule has 0 spiro atoms. The number of rotatable bonds is 2. The molecule has 0 saturated carbocycles. The van der Waals surface area contributed by atoms with Crippen molar-refractivity contribution in [3.05, 3.63) is 28.2 Å². The van der Waals surface area contributed by atoms with Crippen LogP contribution in [-0.4, -0.2) is 24.6 Å². The molecule has 0 atom stereocenters. The largest absolute Gasteiger partial charge is 0.370 e. The van der Waals surface area contributed by atoms with E-state index in [1.54, 1.807) is 0 Å². The summed E-state index contributed by atoms with van der Waals surface area (Å²) in [7, 11) is 0. The molecule has 1 heterocycles. The molecule has 1 fully saturated rings. The normalized spacial score (nSPS) is 16.8. The van der Waals surface area contributed by atoms with Crippen LogP contribution in [0.25, 0.3) is 0 Å². The van der Waals surface area contributed by atoms with E-state index in [0.717, 1.165) is 17.6 Å². The highest BCUT2D eigenvalue weighted by atomic mass is 79.9. The third-order valence-corrected chi connectivity index (χ3v) is 4.26. The Morgan fingerprint density at radius 2 is 2.07 bits per heavy atom. The fourth-order valence-electron chi connectivity index (χ4n) is 1.77. The molecule has 1 aliphatic rings. The van der Waals surface area contributed by atoms with Crippen molar-refractivity contribution in [3.63, 3.8) is 0 Å². The van der Waals surface area contributed by atoms with Crippen molar-refractivity contribution in [2.45, 2.75) is 5.88 Å². The first-order valence-corrected chi connectivity index (χ1v) is 7.46. The summed E-state index contributed by atoms with van der Waals surface area (Å²) in [5.41, 5.74) is 2.52. The summed E-state index contributed by atoms with van der Waals surface area (Å²) in [6.07, 6.45) is 0. The predicted octanol–water partition coefficient (Wildman–Crippen LogP) is 3.74. The molecule has 0 amide bonds. The van der Waals surface area contributed by atoms with Crippen LogP contribution >= 0.6 is 39.3 Å². The fraction of sp³-hybridized carbons (Fsp3) is 0.455. The predicted molar refractivity (Wildman–Crippen MR) is 73.2 cm³/mol. The summed E-state index contributed by atoms with van der Waals surface area (Å²) < 4.78 is 1.10. The molecule has 0 N–H and O–H groups in total. The van der Waals surface area contributed by atoms with E-state index in [1.165, 1.54) is 22.8 Å². The van der Waals surface area contributed by atoms with Crippen LogP contribution in [0.1, 0.15) is 5.56 Å². The minimum Gasteiger partial charge on any atom is -0.370 e. The van der Waals surface area contributed by atoms with Gasteiger partial charge in [-0.3, -0.25) is 0 Å². The zero-order valence-electron chi connectivity index (χ0n) is 8.38. The second-order valence-corrected chi connectivity index (χ2v) is 5.91. The Bertz CT molecular complexity index is 339. The van der Waals surface area contributed by atoms with Crippen molar-refractivity contribution in [3.8, 4) is 0 Å². The lowest BCUT2D eigenvalue weighted by Crippen LogP contribution is -2.33. The molecule has 0 aliphatic carbocycles. The minimum absolute atomic E-state index is 0.582. The fourth-order valence-corrected chi connectivity index (χ4v) is 3.30. The summed E-state index contributed by atoms with van der Waals surface area (Å²) >= 11 is 11.5. The van der Waals surface area contributed by atoms with Crippen molar-refractivity contribution in [2.75, 3.05) is 29.5 Å². The Hall–Kier alpha value is 0.140. The Kier molecular flexibility index (Phi) is 4.23. The van der Waals surface area contributed by atoms with Gasteiger partial charge in [0.1, 0.15) is 0 Å². The monoisotopic (exact) mass is 305 g/mol. The topological polar surface area (TPSA) is 3.24 Å². The number of hydrogen-bond acceptors (Lipinski definition) is 2. The maximum Gasteiger partial charge on any atom is 0.0494 e. The molecule has 15 heavy (non-hydrogen) atoms. The maximum atomic E-state index is 5.97. The molecule has 82 valence electrons. The van der Waals surface area contributed by atoms with Gasteiger partial charge in [0.25, 0.3) is 0 Å². The number of hydrogen-bond donors (Lipinski definition) is 0. The van der Waals surface area contributed by atoms with Gasteiger partial charge in [0.05, 0.1) is 0 Å². The molecule has 2 rings (SSSR count). The highest BCUT2D eigenvalue weighted by Crippen LogP contribution is 2.27. The maximum absolute atomic E-state index is 5.97. The van der Waals surface area contributed by atoms with Gasteiger partial charge in [0, 0.05) is 40.6 Å². The Morgan fingerprint density at radius 3 is 2.73 bits per heavy atom. The van der Waals surface area contributed by atoms with E-state index in [1.807, 2.05) is 11.8 Å². The van der Waals surface area contributed by atoms with E-state index < -0.39 is 0 Å². The summed E-state index contributed by atoms with van der Waals surface area (Å²) in [5, 5.41) is 0. The molecular weight excluding hydrogens is 294 g/mol. The molecule has 1 aromatic carbocycles. The molecule has 0 bridgehead atoms. The minimum atomic E-state index is 0.582. The lowest BCUT2D eigenvalue weighted by atomic mass is 10.2. The molecular formula is C11H13BrClNS. The van der Waals surface area contributed by atoms with E-state index >= 15 is 0 Å². The number of alkyl halides is 1. The highest BCUT2D eigenvalue weighted by Gasteiger charge is 2.14. The second-order valence-electron chi connectivity index (χ2n) is 3.51. The van der Waals surface area contributed by atoms with Gasteiger partial charge in [-0.15, -0.1) is 11.6 Å². The molecule has 0 aromatic heterocycles. The summed E-state index contributed by atoms with van der Waals surface area (Å²) in [6.45, 7) is 2.27. The van der Waals surface area contributed by atoms with Crippen molar-refractivity contribution in [2.24, 2.45) is 0 Å². The SMILES string of the molecule is ClCc1cc(Br)ccc1N1CCSCC1. The number of thioether (sulfide) groups is 1. The lowest BCUT2D eigenvalue weighted by Gasteiger charge is -2.30. The molecule has 1 aliphatic heterocycles. The van der Waals surface area contributed by atoms with Crippen molar-refractivity contribution < 1.29 is 0 Å². The smallest absolute Gasteiger partial charge is 0.0494 e. The first kappa shape index (κ1) is 11.6. The standard InChI is InChI=1S/C11H13BrClNS/c12-10-1-2-11(9(7-10)8-13)14-3-5-15-6-4-14/h1-2,7H,3-6,8H2. The van der Waals surface area contributed by atoms with Crippen LogP contribution < -0.4 is 4.90 Å². The number of anilines is 1. The van der Waals surface area contributed by atoms with Crippen LogP contribution in [0.3, 0.4) is 0 Å². The first-order chi connectivity index (χ1) is 7.31. The number of benzene rings is 1. The zero-order chi connectivity index (χ0) is 10.7. The van der Waals surface area contributed by atoms with E-state index in [4.69, 9.17) is 11.6 Å². The highest BCUT2D eigenvalue weighted by molar-refractivity contribution is 9.10. The van der Waals surface area contributed by atoms with E-state index in [0.29, 0.717) is 5.88 Å². The van der Waals surface area contributed by atoms with Crippen LogP contribution in [0.15, 0.2) is 22.7 Å². The van der Waals surface area contributed by atoms with Gasteiger partial charge in [0.15, 0.2) is 0 Å². The third-order valence-electron chi connectivity index (χ3n) is 2.54. The van der Waals surface area contributed by atoms with Crippen LogP contribution in [-0.2, 0) is 5.88 Å². The molecule has 1 saturated heterocycles. The van der Waals surface area contributed by atoms with Crippen LogP contribution in [0.5, 0.6) is 0 Å². The molecule has 1 nitrogen and oxygen atoms in total. The van der Waals surface area contributed by atoms with Crippen LogP contribution in [0, 0.1) is 0 Å². The first-order valence-electron chi connectivity index (χ1n) is 4.98. The summed E-state index contributed by atoms with van der Waals surface area (Å²) in [4.78, 5) is 2.43. The van der Waals surface area contributed by atoms with E-state index in [9.17, 15) is 0 Å². The molecule has 4 heteroatoms. The van der Waals surface area contributed by atoms with Gasteiger partial charge in [-0.05, 0) is 23.8 Å². The quantitative estimate of drug-likeness (QED) is 0.766. The number of halogens is 2. The molecule has 1 aromatic rings. The van der Waals surface area contributed by atoms with Crippen LogP contribution in [0.4, 0.5) is 5.69 Å². The van der Waals surface area contributed by atoms with Gasteiger partial charge < -0.3 is 4.90 Å². The van der Waals surface area contributed by atoms with Crippen molar-refractivity contribution in [1.82, 2.24) is 0 Å². The van der Waals surface area contributed by atoms with Gasteiger partial charge in [-0.1, -0.05) is 15.9 Å². The van der Waals surface area contributed by atoms with Crippen molar-refractivity contribution in [1.29, 1.82) is 0 Å². The Labute approximate surface area is 108 Å². The van der Waals surface area contributed by atoms with E-state index in [2.05, 4.69) is 39.0 Å². The average molecular weight is 307 g/mol. The third kappa shape index (κ3) is 2.83. The van der Waals surface area contributed by atoms with Gasteiger partial charge in [0.2, 0.25) is 0 Å². The Balaban J connectivity index is 2.25. The zero-order valence-corrected chi connectivity index (χ0v) is 11.5. The van der Waals surface area contributed by atoms with Crippen molar-refractivity contribution >= 4 is 45.0 Å². The van der Waals surface area contributed by atoms with Gasteiger partial charge in [-0.2, -0.15) is 11.8 Å². The Morgan fingerprint density at radius 1 is 1.33 bits per heavy atom. The van der Waals surface area contributed by atoms with Crippen LogP contribution in [0.2, 0.25) is 0 Å². The second kappa shape index (κ2) is 5.46. The average Bonchev–Trinajstić information content (AvgIpc) is 2.30. The number of nitrogens with zero attached hydrogens (tertiary/aromatic N) is 1. The molecule has 0 radical (unpaired) electrons. The lowest BCUT2D eigenvalue weighted by molar-refractivity contribution is 0.853. The summed E-state index contributed by atoms with van der Waals surface area (Å²) in [5.74, 6) is 3.02.